The number of carboxylic acid groups (broad SMARTS) is 1. The number of aromatic hydroxyl groups is 1. The van der Waals surface area contributed by atoms with Gasteiger partial charge >= 0.3 is 5.97 Å². The first-order valence-corrected chi connectivity index (χ1v) is 2.87. The van der Waals surface area contributed by atoms with E-state index in [2.05, 4.69) is 9.97 Å². The number of carboxylic acids is 1. The highest BCUT2D eigenvalue weighted by molar-refractivity contribution is 5.88. The fourth-order valence-electron chi connectivity index (χ4n) is 0.621. The maximum Gasteiger partial charge on any atom is 0.358 e. The van der Waals surface area contributed by atoms with E-state index < -0.39 is 11.7 Å². The average Bonchev–Trinajstić information content (AvgIpc) is 1.94. The predicted octanol–water partition coefficient (Wildman–Crippen LogP) is 0.189. The van der Waals surface area contributed by atoms with E-state index in [1.165, 1.54) is 0 Å². The SMILES string of the molecule is Cc1ncc(O)c(C(=O)O)n1. The molecule has 0 aliphatic heterocycles. The third-order valence-electron chi connectivity index (χ3n) is 1.09. The summed E-state index contributed by atoms with van der Waals surface area (Å²) in [6.45, 7) is 1.55. The lowest BCUT2D eigenvalue weighted by atomic mass is 10.4. The Hall–Kier alpha value is -1.65. The molecule has 0 aromatic carbocycles. The Morgan fingerprint density at radius 1 is 1.64 bits per heavy atom. The quantitative estimate of drug-likeness (QED) is 0.603. The summed E-state index contributed by atoms with van der Waals surface area (Å²) in [7, 11) is 0. The molecule has 58 valence electrons. The number of aromatic carboxylic acids is 1. The molecular formula is C6H6N2O3. The lowest BCUT2D eigenvalue weighted by Gasteiger charge is -1.97. The monoisotopic (exact) mass is 154 g/mol. The minimum absolute atomic E-state index is 0.320. The second-order valence-corrected chi connectivity index (χ2v) is 1.96. The molecule has 0 unspecified atom stereocenters. The number of aromatic nitrogens is 2. The molecular weight excluding hydrogens is 148 g/mol. The summed E-state index contributed by atoms with van der Waals surface area (Å²) in [5, 5.41) is 17.3. The van der Waals surface area contributed by atoms with E-state index in [1.54, 1.807) is 6.92 Å². The zero-order chi connectivity index (χ0) is 8.43. The molecule has 0 spiro atoms. The summed E-state index contributed by atoms with van der Waals surface area (Å²) in [6, 6.07) is 0. The largest absolute Gasteiger partial charge is 0.504 e. The topological polar surface area (TPSA) is 83.3 Å². The summed E-state index contributed by atoms with van der Waals surface area (Å²) in [5.74, 6) is -1.35. The molecule has 0 aliphatic rings. The minimum atomic E-state index is -1.26. The second kappa shape index (κ2) is 2.53. The van der Waals surface area contributed by atoms with Gasteiger partial charge in [-0.05, 0) is 6.92 Å². The molecule has 0 fully saturated rings. The third kappa shape index (κ3) is 1.43. The molecule has 0 amide bonds. The predicted molar refractivity (Wildman–Crippen MR) is 35.4 cm³/mol. The molecule has 0 bridgehead atoms. The van der Waals surface area contributed by atoms with Crippen molar-refractivity contribution in [1.82, 2.24) is 9.97 Å². The van der Waals surface area contributed by atoms with Gasteiger partial charge in [-0.2, -0.15) is 0 Å². The molecule has 0 saturated carbocycles. The summed E-state index contributed by atoms with van der Waals surface area (Å²) in [5.41, 5.74) is -0.363. The van der Waals surface area contributed by atoms with Gasteiger partial charge in [0.25, 0.3) is 0 Å². The Balaban J connectivity index is 3.23. The van der Waals surface area contributed by atoms with Crippen LogP contribution in [0.4, 0.5) is 0 Å². The molecule has 1 aromatic heterocycles. The van der Waals surface area contributed by atoms with E-state index >= 15 is 0 Å². The fourth-order valence-corrected chi connectivity index (χ4v) is 0.621. The number of aryl methyl sites for hydroxylation is 1. The Kier molecular flexibility index (Phi) is 1.72. The highest BCUT2D eigenvalue weighted by atomic mass is 16.4. The van der Waals surface area contributed by atoms with Crippen LogP contribution >= 0.6 is 0 Å². The van der Waals surface area contributed by atoms with Crippen molar-refractivity contribution in [2.24, 2.45) is 0 Å². The van der Waals surface area contributed by atoms with Gasteiger partial charge in [-0.15, -0.1) is 0 Å². The highest BCUT2D eigenvalue weighted by Crippen LogP contribution is 2.11. The van der Waals surface area contributed by atoms with Gasteiger partial charge in [0.05, 0.1) is 6.20 Å². The Bertz CT molecular complexity index is 298. The molecule has 11 heavy (non-hydrogen) atoms. The van der Waals surface area contributed by atoms with Crippen molar-refractivity contribution in [3.8, 4) is 5.75 Å². The summed E-state index contributed by atoms with van der Waals surface area (Å²) < 4.78 is 0. The Labute approximate surface area is 62.4 Å². The van der Waals surface area contributed by atoms with Crippen LogP contribution in [-0.4, -0.2) is 26.2 Å². The van der Waals surface area contributed by atoms with Gasteiger partial charge in [0.1, 0.15) is 5.82 Å². The molecule has 5 nitrogen and oxygen atoms in total. The molecule has 0 aliphatic carbocycles. The van der Waals surface area contributed by atoms with Gasteiger partial charge in [-0.1, -0.05) is 0 Å². The van der Waals surface area contributed by atoms with Crippen LogP contribution in [0, 0.1) is 6.92 Å². The van der Waals surface area contributed by atoms with Crippen molar-refractivity contribution in [3.05, 3.63) is 17.7 Å². The maximum atomic E-state index is 10.3. The van der Waals surface area contributed by atoms with Gasteiger partial charge < -0.3 is 10.2 Å². The molecule has 1 aromatic rings. The van der Waals surface area contributed by atoms with Gasteiger partial charge in [0.2, 0.25) is 0 Å². The first kappa shape index (κ1) is 7.46. The van der Waals surface area contributed by atoms with E-state index in [4.69, 9.17) is 10.2 Å². The average molecular weight is 154 g/mol. The van der Waals surface area contributed by atoms with Crippen molar-refractivity contribution in [3.63, 3.8) is 0 Å². The smallest absolute Gasteiger partial charge is 0.358 e. The van der Waals surface area contributed by atoms with Crippen LogP contribution in [0.15, 0.2) is 6.20 Å². The fraction of sp³-hybridized carbons (Fsp3) is 0.167. The molecule has 1 heterocycles. The molecule has 0 atom stereocenters. The van der Waals surface area contributed by atoms with Gasteiger partial charge in [0, 0.05) is 0 Å². The van der Waals surface area contributed by atoms with Crippen LogP contribution in [0.5, 0.6) is 5.75 Å². The first-order chi connectivity index (χ1) is 5.11. The lowest BCUT2D eigenvalue weighted by molar-refractivity contribution is 0.0686. The van der Waals surface area contributed by atoms with Crippen molar-refractivity contribution < 1.29 is 15.0 Å². The molecule has 2 N–H and O–H groups in total. The van der Waals surface area contributed by atoms with Crippen LogP contribution in [0.25, 0.3) is 0 Å². The van der Waals surface area contributed by atoms with E-state index in [9.17, 15) is 4.79 Å². The Morgan fingerprint density at radius 2 is 2.27 bits per heavy atom. The number of rotatable bonds is 1. The summed E-state index contributed by atoms with van der Waals surface area (Å²) in [4.78, 5) is 17.4. The maximum absolute atomic E-state index is 10.3. The van der Waals surface area contributed by atoms with Gasteiger partial charge in [-0.3, -0.25) is 0 Å². The van der Waals surface area contributed by atoms with Crippen molar-refractivity contribution >= 4 is 5.97 Å². The standard InChI is InChI=1S/C6H6N2O3/c1-3-7-2-4(9)5(8-3)6(10)11/h2,9H,1H3,(H,10,11). The molecule has 0 saturated heterocycles. The molecule has 0 radical (unpaired) electrons. The normalized spacial score (nSPS) is 9.55. The second-order valence-electron chi connectivity index (χ2n) is 1.96. The van der Waals surface area contributed by atoms with E-state index in [-0.39, 0.29) is 5.69 Å². The Morgan fingerprint density at radius 3 is 2.73 bits per heavy atom. The molecule has 1 rings (SSSR count). The zero-order valence-electron chi connectivity index (χ0n) is 5.77. The number of carbonyl (C=O) groups is 1. The highest BCUT2D eigenvalue weighted by Gasteiger charge is 2.10. The van der Waals surface area contributed by atoms with Crippen molar-refractivity contribution in [1.29, 1.82) is 0 Å². The minimum Gasteiger partial charge on any atom is -0.504 e. The zero-order valence-corrected chi connectivity index (χ0v) is 5.77. The molecule has 5 heteroatoms. The van der Waals surface area contributed by atoms with Crippen LogP contribution < -0.4 is 0 Å². The van der Waals surface area contributed by atoms with Crippen LogP contribution in [0.3, 0.4) is 0 Å². The van der Waals surface area contributed by atoms with Crippen LogP contribution in [-0.2, 0) is 0 Å². The third-order valence-corrected chi connectivity index (χ3v) is 1.09. The van der Waals surface area contributed by atoms with Gasteiger partial charge in [0.15, 0.2) is 11.4 Å². The van der Waals surface area contributed by atoms with Crippen molar-refractivity contribution in [2.45, 2.75) is 6.92 Å². The summed E-state index contributed by atoms with van der Waals surface area (Å²) in [6.07, 6.45) is 1.06. The van der Waals surface area contributed by atoms with Gasteiger partial charge in [-0.25, -0.2) is 14.8 Å². The van der Waals surface area contributed by atoms with E-state index in [1.807, 2.05) is 0 Å². The van der Waals surface area contributed by atoms with E-state index in [0.29, 0.717) is 5.82 Å². The number of hydrogen-bond donors (Lipinski definition) is 2. The van der Waals surface area contributed by atoms with E-state index in [0.717, 1.165) is 6.20 Å². The van der Waals surface area contributed by atoms with Crippen molar-refractivity contribution in [2.75, 3.05) is 0 Å². The lowest BCUT2D eigenvalue weighted by Crippen LogP contribution is -2.02. The first-order valence-electron chi connectivity index (χ1n) is 2.87. The number of nitrogens with zero attached hydrogens (tertiary/aromatic N) is 2. The van der Waals surface area contributed by atoms with Crippen LogP contribution in [0.2, 0.25) is 0 Å². The van der Waals surface area contributed by atoms with Crippen LogP contribution in [0.1, 0.15) is 16.3 Å². The number of hydrogen-bond acceptors (Lipinski definition) is 4. The summed E-state index contributed by atoms with van der Waals surface area (Å²) >= 11 is 0.